The molecule has 1 aromatic heterocycles. The number of rotatable bonds is 5. The number of hydrogen-bond donors (Lipinski definition) is 2. The van der Waals surface area contributed by atoms with Crippen LogP contribution in [0.1, 0.15) is 5.56 Å². The number of H-pyrrole nitrogens is 1. The van der Waals surface area contributed by atoms with E-state index >= 15 is 0 Å². The Bertz CT molecular complexity index is 1090. The molecule has 0 aliphatic rings. The summed E-state index contributed by atoms with van der Waals surface area (Å²) in [5.74, 6) is 0.352. The molecule has 1 amide bonds. The third-order valence-electron chi connectivity index (χ3n) is 4.37. The van der Waals surface area contributed by atoms with E-state index in [0.717, 1.165) is 38.3 Å². The zero-order valence-corrected chi connectivity index (χ0v) is 15.8. The van der Waals surface area contributed by atoms with E-state index in [1.807, 2.05) is 61.5 Å². The predicted octanol–water partition coefficient (Wildman–Crippen LogP) is 5.87. The molecule has 134 valence electrons. The number of aryl methyl sites for hydroxylation is 1. The number of carbonyl (C=O) groups is 1. The van der Waals surface area contributed by atoms with Crippen LogP contribution in [0.2, 0.25) is 0 Å². The first-order valence-corrected chi connectivity index (χ1v) is 9.85. The van der Waals surface area contributed by atoms with Gasteiger partial charge in [0.15, 0.2) is 0 Å². The zero-order valence-electron chi connectivity index (χ0n) is 15.0. The number of para-hydroxylation sites is 1. The fraction of sp³-hybridized carbons (Fsp3) is 0.0870. The van der Waals surface area contributed by atoms with Crippen LogP contribution in [0.4, 0.5) is 5.69 Å². The van der Waals surface area contributed by atoms with E-state index in [4.69, 9.17) is 0 Å². The molecule has 4 aromatic rings. The number of aromatic amines is 1. The molecule has 0 aliphatic carbocycles. The fourth-order valence-electron chi connectivity index (χ4n) is 3.13. The maximum atomic E-state index is 12.5. The van der Waals surface area contributed by atoms with Crippen molar-refractivity contribution in [3.63, 3.8) is 0 Å². The summed E-state index contributed by atoms with van der Waals surface area (Å²) in [5.41, 5.74) is 5.23. The minimum atomic E-state index is -0.00473. The SMILES string of the molecule is Cc1cccc(NC(=O)CSc2c(-c3ccccc3)[nH]c3ccccc23)c1. The molecule has 0 bridgehead atoms. The van der Waals surface area contributed by atoms with Crippen LogP contribution in [-0.2, 0) is 4.79 Å². The molecule has 4 rings (SSSR count). The summed E-state index contributed by atoms with van der Waals surface area (Å²) in [6.07, 6.45) is 0. The van der Waals surface area contributed by atoms with Gasteiger partial charge in [-0.3, -0.25) is 4.79 Å². The summed E-state index contributed by atoms with van der Waals surface area (Å²) in [4.78, 5) is 17.1. The molecule has 0 saturated heterocycles. The van der Waals surface area contributed by atoms with E-state index in [0.29, 0.717) is 5.75 Å². The van der Waals surface area contributed by atoms with Gasteiger partial charge in [-0.1, -0.05) is 60.7 Å². The maximum absolute atomic E-state index is 12.5. The second kappa shape index (κ2) is 7.72. The van der Waals surface area contributed by atoms with Gasteiger partial charge in [0.25, 0.3) is 0 Å². The van der Waals surface area contributed by atoms with E-state index in [1.165, 1.54) is 0 Å². The van der Waals surface area contributed by atoms with Crippen molar-refractivity contribution in [1.29, 1.82) is 0 Å². The third kappa shape index (κ3) is 3.91. The monoisotopic (exact) mass is 372 g/mol. The van der Waals surface area contributed by atoms with E-state index in [2.05, 4.69) is 34.6 Å². The topological polar surface area (TPSA) is 44.9 Å². The van der Waals surface area contributed by atoms with Gasteiger partial charge in [-0.25, -0.2) is 0 Å². The first-order valence-electron chi connectivity index (χ1n) is 8.86. The lowest BCUT2D eigenvalue weighted by Gasteiger charge is -2.07. The second-order valence-corrected chi connectivity index (χ2v) is 7.43. The summed E-state index contributed by atoms with van der Waals surface area (Å²) in [6.45, 7) is 2.02. The highest BCUT2D eigenvalue weighted by molar-refractivity contribution is 8.00. The van der Waals surface area contributed by atoms with Gasteiger partial charge < -0.3 is 10.3 Å². The molecule has 0 atom stereocenters. The van der Waals surface area contributed by atoms with Crippen LogP contribution in [0.25, 0.3) is 22.2 Å². The number of hydrogen-bond acceptors (Lipinski definition) is 2. The number of aromatic nitrogens is 1. The highest BCUT2D eigenvalue weighted by atomic mass is 32.2. The third-order valence-corrected chi connectivity index (χ3v) is 5.49. The van der Waals surface area contributed by atoms with Gasteiger partial charge in [0.2, 0.25) is 5.91 Å². The van der Waals surface area contributed by atoms with E-state index in [-0.39, 0.29) is 5.91 Å². The standard InChI is InChI=1S/C23H20N2OS/c1-16-8-7-11-18(14-16)24-21(26)15-27-23-19-12-5-6-13-20(19)25-22(23)17-9-3-2-4-10-17/h2-14,25H,15H2,1H3,(H,24,26). The lowest BCUT2D eigenvalue weighted by Crippen LogP contribution is -2.14. The summed E-state index contributed by atoms with van der Waals surface area (Å²) >= 11 is 1.57. The summed E-state index contributed by atoms with van der Waals surface area (Å²) in [7, 11) is 0. The summed E-state index contributed by atoms with van der Waals surface area (Å²) in [6, 6.07) is 26.3. The Kier molecular flexibility index (Phi) is 4.99. The predicted molar refractivity (Wildman–Crippen MR) is 114 cm³/mol. The molecule has 0 fully saturated rings. The molecule has 0 saturated carbocycles. The highest BCUT2D eigenvalue weighted by Crippen LogP contribution is 2.37. The van der Waals surface area contributed by atoms with Crippen LogP contribution < -0.4 is 5.32 Å². The van der Waals surface area contributed by atoms with E-state index in [1.54, 1.807) is 11.8 Å². The number of anilines is 1. The normalized spacial score (nSPS) is 10.9. The van der Waals surface area contributed by atoms with Crippen LogP contribution in [0, 0.1) is 6.92 Å². The average molecular weight is 372 g/mol. The van der Waals surface area contributed by atoms with Crippen molar-refractivity contribution in [3.8, 4) is 11.3 Å². The van der Waals surface area contributed by atoms with Crippen LogP contribution in [0.15, 0.2) is 83.8 Å². The van der Waals surface area contributed by atoms with E-state index in [9.17, 15) is 4.79 Å². The van der Waals surface area contributed by atoms with Gasteiger partial charge in [0, 0.05) is 21.5 Å². The number of thioether (sulfide) groups is 1. The highest BCUT2D eigenvalue weighted by Gasteiger charge is 2.15. The van der Waals surface area contributed by atoms with Gasteiger partial charge in [0.05, 0.1) is 11.4 Å². The minimum absolute atomic E-state index is 0.00473. The maximum Gasteiger partial charge on any atom is 0.234 e. The Labute approximate surface area is 162 Å². The molecule has 2 N–H and O–H groups in total. The minimum Gasteiger partial charge on any atom is -0.354 e. The van der Waals surface area contributed by atoms with E-state index < -0.39 is 0 Å². The van der Waals surface area contributed by atoms with Crippen LogP contribution in [-0.4, -0.2) is 16.6 Å². The smallest absolute Gasteiger partial charge is 0.234 e. The molecule has 0 aliphatic heterocycles. The second-order valence-electron chi connectivity index (χ2n) is 6.45. The molecular formula is C23H20N2OS. The molecule has 0 spiro atoms. The average Bonchev–Trinajstić information content (AvgIpc) is 3.06. The number of benzene rings is 3. The molecule has 27 heavy (non-hydrogen) atoms. The largest absolute Gasteiger partial charge is 0.354 e. The molecule has 1 heterocycles. The molecule has 3 aromatic carbocycles. The van der Waals surface area contributed by atoms with Crippen LogP contribution in [0.5, 0.6) is 0 Å². The fourth-order valence-corrected chi connectivity index (χ4v) is 4.13. The lowest BCUT2D eigenvalue weighted by molar-refractivity contribution is -0.113. The van der Waals surface area contributed by atoms with Gasteiger partial charge in [-0.15, -0.1) is 11.8 Å². The molecular weight excluding hydrogens is 352 g/mol. The number of carbonyl (C=O) groups excluding carboxylic acids is 1. The Balaban J connectivity index is 1.58. The Morgan fingerprint density at radius 3 is 2.56 bits per heavy atom. The van der Waals surface area contributed by atoms with Gasteiger partial charge in [-0.2, -0.15) is 0 Å². The first kappa shape index (κ1) is 17.4. The van der Waals surface area contributed by atoms with Crippen molar-refractivity contribution in [2.24, 2.45) is 0 Å². The Morgan fingerprint density at radius 2 is 1.74 bits per heavy atom. The van der Waals surface area contributed by atoms with Crippen molar-refractivity contribution < 1.29 is 4.79 Å². The zero-order chi connectivity index (χ0) is 18.6. The quantitative estimate of drug-likeness (QED) is 0.430. The number of fused-ring (bicyclic) bond motifs is 1. The summed E-state index contributed by atoms with van der Waals surface area (Å²) < 4.78 is 0. The van der Waals surface area contributed by atoms with Gasteiger partial charge in [0.1, 0.15) is 0 Å². The van der Waals surface area contributed by atoms with Crippen molar-refractivity contribution in [3.05, 3.63) is 84.4 Å². The van der Waals surface area contributed by atoms with Crippen molar-refractivity contribution >= 4 is 34.3 Å². The van der Waals surface area contributed by atoms with Crippen LogP contribution in [0.3, 0.4) is 0 Å². The van der Waals surface area contributed by atoms with Crippen LogP contribution >= 0.6 is 11.8 Å². The number of amides is 1. The molecule has 0 radical (unpaired) electrons. The summed E-state index contributed by atoms with van der Waals surface area (Å²) in [5, 5.41) is 4.13. The van der Waals surface area contributed by atoms with Crippen molar-refractivity contribution in [1.82, 2.24) is 4.98 Å². The molecule has 4 heteroatoms. The lowest BCUT2D eigenvalue weighted by atomic mass is 10.1. The molecule has 0 unspecified atom stereocenters. The molecule has 3 nitrogen and oxygen atoms in total. The first-order chi connectivity index (χ1) is 13.2. The van der Waals surface area contributed by atoms with Crippen molar-refractivity contribution in [2.45, 2.75) is 11.8 Å². The van der Waals surface area contributed by atoms with Gasteiger partial charge in [-0.05, 0) is 36.2 Å². The Morgan fingerprint density at radius 1 is 0.963 bits per heavy atom. The Hall–Kier alpha value is -2.98. The van der Waals surface area contributed by atoms with Gasteiger partial charge >= 0.3 is 0 Å². The number of nitrogens with one attached hydrogen (secondary N) is 2. The van der Waals surface area contributed by atoms with Crippen molar-refractivity contribution in [2.75, 3.05) is 11.1 Å².